The number of aromatic nitrogens is 1. The predicted octanol–water partition coefficient (Wildman–Crippen LogP) is 2.69. The van der Waals surface area contributed by atoms with Crippen molar-refractivity contribution < 1.29 is 14.4 Å². The third-order valence-corrected chi connectivity index (χ3v) is 6.41. The van der Waals surface area contributed by atoms with E-state index in [0.717, 1.165) is 49.2 Å². The van der Waals surface area contributed by atoms with Gasteiger partial charge in [0, 0.05) is 12.6 Å². The van der Waals surface area contributed by atoms with Gasteiger partial charge < -0.3 is 21.7 Å². The van der Waals surface area contributed by atoms with E-state index in [0.29, 0.717) is 6.42 Å². The van der Waals surface area contributed by atoms with E-state index in [1.165, 1.54) is 4.90 Å². The highest BCUT2D eigenvalue weighted by atomic mass is 32.1. The summed E-state index contributed by atoms with van der Waals surface area (Å²) in [5.41, 5.74) is 12.1. The number of benzene rings is 1. The minimum atomic E-state index is -0.786. The van der Waals surface area contributed by atoms with Crippen LogP contribution in [0.15, 0.2) is 30.3 Å². The van der Waals surface area contributed by atoms with Gasteiger partial charge in [-0.1, -0.05) is 56.5 Å². The van der Waals surface area contributed by atoms with E-state index >= 15 is 0 Å². The summed E-state index contributed by atoms with van der Waals surface area (Å²) in [5.74, 6) is -1.37. The van der Waals surface area contributed by atoms with Crippen molar-refractivity contribution in [3.63, 3.8) is 0 Å². The number of nitrogens with one attached hydrogen (secondary N) is 1. The molecule has 0 aliphatic heterocycles. The normalized spacial score (nSPS) is 14.9. The Labute approximate surface area is 186 Å². The average molecular weight is 444 g/mol. The number of anilines is 1. The van der Waals surface area contributed by atoms with E-state index < -0.39 is 17.9 Å². The molecule has 1 aliphatic rings. The summed E-state index contributed by atoms with van der Waals surface area (Å²) in [4.78, 5) is 40.0. The van der Waals surface area contributed by atoms with Gasteiger partial charge in [-0.25, -0.2) is 0 Å². The van der Waals surface area contributed by atoms with Gasteiger partial charge in [-0.05, 0) is 36.4 Å². The first-order valence-corrected chi connectivity index (χ1v) is 11.4. The van der Waals surface area contributed by atoms with Crippen molar-refractivity contribution in [1.82, 2.24) is 14.6 Å². The molecule has 5 N–H and O–H groups in total. The summed E-state index contributed by atoms with van der Waals surface area (Å²) < 4.78 is 3.95. The van der Waals surface area contributed by atoms with E-state index in [4.69, 9.17) is 11.5 Å². The van der Waals surface area contributed by atoms with Gasteiger partial charge in [-0.15, -0.1) is 0 Å². The number of primary amides is 1. The van der Waals surface area contributed by atoms with E-state index in [-0.39, 0.29) is 34.8 Å². The van der Waals surface area contributed by atoms with Crippen LogP contribution in [-0.2, 0) is 11.3 Å². The van der Waals surface area contributed by atoms with Crippen LogP contribution < -0.4 is 16.8 Å². The Morgan fingerprint density at radius 1 is 1.23 bits per heavy atom. The number of nitrogens with zero attached hydrogens (tertiary/aromatic N) is 2. The second-order valence-corrected chi connectivity index (χ2v) is 8.62. The van der Waals surface area contributed by atoms with Crippen LogP contribution in [0.5, 0.6) is 0 Å². The highest BCUT2D eigenvalue weighted by molar-refractivity contribution is 7.09. The van der Waals surface area contributed by atoms with Crippen molar-refractivity contribution in [2.75, 3.05) is 5.73 Å². The molecule has 1 aromatic heterocycles. The summed E-state index contributed by atoms with van der Waals surface area (Å²) in [6.45, 7) is 2.22. The highest BCUT2D eigenvalue weighted by Crippen LogP contribution is 2.26. The van der Waals surface area contributed by atoms with Gasteiger partial charge in [-0.2, -0.15) is 4.37 Å². The minimum Gasteiger partial charge on any atom is -0.395 e. The summed E-state index contributed by atoms with van der Waals surface area (Å²) >= 11 is 0.833. The zero-order valence-electron chi connectivity index (χ0n) is 17.7. The Balaban J connectivity index is 1.93. The quantitative estimate of drug-likeness (QED) is 0.548. The average Bonchev–Trinajstić information content (AvgIpc) is 3.40. The number of carbonyl (C=O) groups is 3. The Kier molecular flexibility index (Phi) is 7.62. The van der Waals surface area contributed by atoms with Crippen LogP contribution in [-0.4, -0.2) is 39.1 Å². The number of nitrogens with two attached hydrogens (primary N) is 2. The molecule has 1 atom stereocenters. The molecule has 1 fully saturated rings. The number of hydrogen-bond donors (Lipinski definition) is 3. The maximum Gasteiger partial charge on any atom is 0.270 e. The molecule has 0 saturated heterocycles. The fourth-order valence-electron chi connectivity index (χ4n) is 3.93. The standard InChI is InChI=1S/C22H29N5O3S/c1-2-8-16(21(29)25-15-11-6-7-12-15)27(13-14-9-4-3-5-10-14)22(30)19-17(23)18(20(24)28)26-31-19/h3-5,9-10,15-16H,2,6-8,11-13,23H2,1H3,(H2,24,28)(H,25,29)/t16-/m1/s1. The SMILES string of the molecule is CCC[C@H](C(=O)NC1CCCC1)N(Cc1ccccc1)C(=O)c1snc(C(N)=O)c1N. The van der Waals surface area contributed by atoms with Crippen molar-refractivity contribution in [3.8, 4) is 0 Å². The second kappa shape index (κ2) is 10.4. The molecule has 2 aromatic rings. The minimum absolute atomic E-state index is 0.0352. The van der Waals surface area contributed by atoms with Gasteiger partial charge in [0.1, 0.15) is 10.9 Å². The Bertz CT molecular complexity index is 924. The second-order valence-electron chi connectivity index (χ2n) is 7.85. The fraction of sp³-hybridized carbons (Fsp3) is 0.455. The van der Waals surface area contributed by atoms with Gasteiger partial charge in [0.05, 0.1) is 5.69 Å². The van der Waals surface area contributed by atoms with E-state index in [1.54, 1.807) is 0 Å². The molecule has 1 aliphatic carbocycles. The Morgan fingerprint density at radius 2 is 1.90 bits per heavy atom. The fourth-order valence-corrected chi connectivity index (χ4v) is 4.69. The number of hydrogen-bond acceptors (Lipinski definition) is 6. The van der Waals surface area contributed by atoms with Crippen LogP contribution >= 0.6 is 11.5 Å². The molecule has 1 aromatic carbocycles. The van der Waals surface area contributed by atoms with Crippen LogP contribution in [0.2, 0.25) is 0 Å². The lowest BCUT2D eigenvalue weighted by Gasteiger charge is -2.31. The monoisotopic (exact) mass is 443 g/mol. The maximum atomic E-state index is 13.5. The highest BCUT2D eigenvalue weighted by Gasteiger charge is 2.34. The van der Waals surface area contributed by atoms with Crippen LogP contribution in [0.4, 0.5) is 5.69 Å². The summed E-state index contributed by atoms with van der Waals surface area (Å²) in [5, 5.41) is 3.12. The third-order valence-electron chi connectivity index (χ3n) is 5.55. The molecule has 0 bridgehead atoms. The number of carbonyl (C=O) groups excluding carboxylic acids is 3. The van der Waals surface area contributed by atoms with Crippen molar-refractivity contribution in [2.24, 2.45) is 5.73 Å². The largest absolute Gasteiger partial charge is 0.395 e. The smallest absolute Gasteiger partial charge is 0.270 e. The molecule has 0 spiro atoms. The molecular formula is C22H29N5O3S. The van der Waals surface area contributed by atoms with Crippen LogP contribution in [0, 0.1) is 0 Å². The molecule has 166 valence electrons. The van der Waals surface area contributed by atoms with E-state index in [2.05, 4.69) is 9.69 Å². The lowest BCUT2D eigenvalue weighted by molar-refractivity contribution is -0.126. The molecule has 0 unspecified atom stereocenters. The molecular weight excluding hydrogens is 414 g/mol. The lowest BCUT2D eigenvalue weighted by Crippen LogP contribution is -2.51. The van der Waals surface area contributed by atoms with Crippen LogP contribution in [0.3, 0.4) is 0 Å². The van der Waals surface area contributed by atoms with Crippen molar-refractivity contribution in [3.05, 3.63) is 46.5 Å². The van der Waals surface area contributed by atoms with Crippen LogP contribution in [0.1, 0.15) is 71.2 Å². The first kappa shape index (κ1) is 22.7. The molecule has 0 radical (unpaired) electrons. The maximum absolute atomic E-state index is 13.5. The summed E-state index contributed by atoms with van der Waals surface area (Å²) in [6, 6.07) is 8.97. The summed E-state index contributed by atoms with van der Waals surface area (Å²) in [6.07, 6.45) is 5.36. The van der Waals surface area contributed by atoms with E-state index in [9.17, 15) is 14.4 Å². The molecule has 1 heterocycles. The van der Waals surface area contributed by atoms with Crippen molar-refractivity contribution >= 4 is 34.9 Å². The first-order valence-electron chi connectivity index (χ1n) is 10.6. The Hall–Kier alpha value is -2.94. The summed E-state index contributed by atoms with van der Waals surface area (Å²) in [7, 11) is 0. The molecule has 8 nitrogen and oxygen atoms in total. The zero-order valence-corrected chi connectivity index (χ0v) is 18.5. The first-order chi connectivity index (χ1) is 14.9. The van der Waals surface area contributed by atoms with Crippen molar-refractivity contribution in [2.45, 2.75) is 64.1 Å². The van der Waals surface area contributed by atoms with Gasteiger partial charge in [0.15, 0.2) is 5.69 Å². The topological polar surface area (TPSA) is 131 Å². The predicted molar refractivity (Wildman–Crippen MR) is 120 cm³/mol. The zero-order chi connectivity index (χ0) is 22.4. The van der Waals surface area contributed by atoms with Gasteiger partial charge >= 0.3 is 0 Å². The number of nitrogen functional groups attached to an aromatic ring is 1. The number of amides is 3. The van der Waals surface area contributed by atoms with Crippen LogP contribution in [0.25, 0.3) is 0 Å². The number of rotatable bonds is 9. The third kappa shape index (κ3) is 5.41. The van der Waals surface area contributed by atoms with Crippen molar-refractivity contribution in [1.29, 1.82) is 0 Å². The molecule has 3 amide bonds. The van der Waals surface area contributed by atoms with Gasteiger partial charge in [-0.3, -0.25) is 14.4 Å². The van der Waals surface area contributed by atoms with Gasteiger partial charge in [0.25, 0.3) is 11.8 Å². The van der Waals surface area contributed by atoms with E-state index in [1.807, 2.05) is 37.3 Å². The molecule has 1 saturated carbocycles. The lowest BCUT2D eigenvalue weighted by atomic mass is 10.1. The van der Waals surface area contributed by atoms with Gasteiger partial charge in [0.2, 0.25) is 5.91 Å². The molecule has 31 heavy (non-hydrogen) atoms. The molecule has 9 heteroatoms. The molecule has 3 rings (SSSR count). The Morgan fingerprint density at radius 3 is 2.48 bits per heavy atom.